The van der Waals surface area contributed by atoms with E-state index in [2.05, 4.69) is 16.4 Å². The van der Waals surface area contributed by atoms with Crippen LogP contribution in [-0.2, 0) is 14.8 Å². The highest BCUT2D eigenvalue weighted by atomic mass is 32.2. The van der Waals surface area contributed by atoms with Crippen LogP contribution >= 0.6 is 0 Å². The Morgan fingerprint density at radius 2 is 2.08 bits per heavy atom. The number of pyridine rings is 1. The molecule has 1 fully saturated rings. The predicted molar refractivity (Wildman–Crippen MR) is 99.9 cm³/mol. The Morgan fingerprint density at radius 3 is 2.73 bits per heavy atom. The molecule has 3 rings (SSSR count). The van der Waals surface area contributed by atoms with Gasteiger partial charge >= 0.3 is 0 Å². The molecule has 1 aromatic heterocycles. The molecule has 6 nitrogen and oxygen atoms in total. The Balaban J connectivity index is 1.45. The second kappa shape index (κ2) is 8.77. The third kappa shape index (κ3) is 4.71. The normalized spacial score (nSPS) is 19.8. The summed E-state index contributed by atoms with van der Waals surface area (Å²) >= 11 is 0. The molecule has 7 heteroatoms. The summed E-state index contributed by atoms with van der Waals surface area (Å²) in [6.07, 6.45) is 12.1. The number of carbonyl (C=O) groups excluding carboxylic acids is 1. The van der Waals surface area contributed by atoms with E-state index in [4.69, 9.17) is 0 Å². The highest BCUT2D eigenvalue weighted by molar-refractivity contribution is 7.89. The second-order valence-electron chi connectivity index (χ2n) is 7.02. The molecule has 2 heterocycles. The molecule has 1 N–H and O–H groups in total. The van der Waals surface area contributed by atoms with Crippen LogP contribution in [0.25, 0.3) is 0 Å². The van der Waals surface area contributed by atoms with E-state index in [9.17, 15) is 13.2 Å². The van der Waals surface area contributed by atoms with Crippen LogP contribution in [0.3, 0.4) is 0 Å². The number of amides is 1. The van der Waals surface area contributed by atoms with Gasteiger partial charge in [0.1, 0.15) is 4.90 Å². The zero-order valence-corrected chi connectivity index (χ0v) is 15.9. The zero-order chi connectivity index (χ0) is 18.4. The van der Waals surface area contributed by atoms with E-state index in [-0.39, 0.29) is 16.7 Å². The lowest BCUT2D eigenvalue weighted by atomic mass is 9.96. The van der Waals surface area contributed by atoms with Crippen molar-refractivity contribution in [3.8, 4) is 0 Å². The molecular weight excluding hydrogens is 350 g/mol. The SMILES string of the molecule is O=C(NCCC1=CCCCC1)C1CCN(S(=O)(=O)c2cccnc2)CC1. The van der Waals surface area contributed by atoms with E-state index >= 15 is 0 Å². The van der Waals surface area contributed by atoms with Gasteiger partial charge in [-0.1, -0.05) is 11.6 Å². The lowest BCUT2D eigenvalue weighted by Crippen LogP contribution is -2.43. The number of hydrogen-bond donors (Lipinski definition) is 1. The van der Waals surface area contributed by atoms with Gasteiger partial charge in [0.15, 0.2) is 0 Å². The summed E-state index contributed by atoms with van der Waals surface area (Å²) in [4.78, 5) is 16.5. The van der Waals surface area contributed by atoms with Crippen LogP contribution in [0.4, 0.5) is 0 Å². The minimum Gasteiger partial charge on any atom is -0.356 e. The maximum atomic E-state index is 12.6. The van der Waals surface area contributed by atoms with Crippen LogP contribution in [0.2, 0.25) is 0 Å². The van der Waals surface area contributed by atoms with Crippen LogP contribution in [0.5, 0.6) is 0 Å². The average molecular weight is 378 g/mol. The molecule has 2 aliphatic rings. The maximum absolute atomic E-state index is 12.6. The average Bonchev–Trinajstić information content (AvgIpc) is 2.69. The fourth-order valence-corrected chi connectivity index (χ4v) is 5.06. The van der Waals surface area contributed by atoms with E-state index in [1.165, 1.54) is 28.9 Å². The Morgan fingerprint density at radius 1 is 1.27 bits per heavy atom. The van der Waals surface area contributed by atoms with Crippen molar-refractivity contribution >= 4 is 15.9 Å². The zero-order valence-electron chi connectivity index (χ0n) is 15.1. The van der Waals surface area contributed by atoms with E-state index in [0.717, 1.165) is 19.3 Å². The minimum absolute atomic E-state index is 0.0554. The summed E-state index contributed by atoms with van der Waals surface area (Å²) in [5.41, 5.74) is 1.45. The van der Waals surface area contributed by atoms with Crippen molar-refractivity contribution in [3.05, 3.63) is 36.2 Å². The van der Waals surface area contributed by atoms with Crippen LogP contribution < -0.4 is 5.32 Å². The Kier molecular flexibility index (Phi) is 6.43. The fraction of sp³-hybridized carbons (Fsp3) is 0.579. The summed E-state index contributed by atoms with van der Waals surface area (Å²) < 4.78 is 26.6. The summed E-state index contributed by atoms with van der Waals surface area (Å²) in [6, 6.07) is 3.18. The number of nitrogens with zero attached hydrogens (tertiary/aromatic N) is 2. The molecule has 0 unspecified atom stereocenters. The van der Waals surface area contributed by atoms with Gasteiger partial charge in [-0.3, -0.25) is 9.78 Å². The Labute approximate surface area is 155 Å². The first-order valence-corrected chi connectivity index (χ1v) is 10.9. The molecule has 0 radical (unpaired) electrons. The summed E-state index contributed by atoms with van der Waals surface area (Å²) in [5, 5.41) is 3.03. The highest BCUT2D eigenvalue weighted by Gasteiger charge is 2.32. The maximum Gasteiger partial charge on any atom is 0.244 e. The number of rotatable bonds is 6. The molecule has 1 aliphatic carbocycles. The van der Waals surface area contributed by atoms with Gasteiger partial charge in [-0.25, -0.2) is 8.42 Å². The van der Waals surface area contributed by atoms with Crippen molar-refractivity contribution in [2.45, 2.75) is 49.8 Å². The molecule has 26 heavy (non-hydrogen) atoms. The molecule has 0 spiro atoms. The van der Waals surface area contributed by atoms with Crippen molar-refractivity contribution in [1.29, 1.82) is 0 Å². The van der Waals surface area contributed by atoms with Crippen molar-refractivity contribution in [2.75, 3.05) is 19.6 Å². The summed E-state index contributed by atoms with van der Waals surface area (Å²) in [5.74, 6) is -0.0458. The molecule has 0 saturated carbocycles. The number of allylic oxidation sites excluding steroid dienone is 1. The third-order valence-corrected chi connectivity index (χ3v) is 7.11. The molecule has 0 aromatic carbocycles. The van der Waals surface area contributed by atoms with Gasteiger partial charge in [0.2, 0.25) is 15.9 Å². The van der Waals surface area contributed by atoms with Crippen LogP contribution in [0.1, 0.15) is 44.9 Å². The third-order valence-electron chi connectivity index (χ3n) is 5.23. The summed E-state index contributed by atoms with van der Waals surface area (Å²) in [6.45, 7) is 1.43. The van der Waals surface area contributed by atoms with E-state index in [1.54, 1.807) is 18.3 Å². The topological polar surface area (TPSA) is 79.4 Å². The fourth-order valence-electron chi connectivity index (χ4n) is 3.63. The van der Waals surface area contributed by atoms with Crippen molar-refractivity contribution in [1.82, 2.24) is 14.6 Å². The largest absolute Gasteiger partial charge is 0.356 e. The number of carbonyl (C=O) groups is 1. The Bertz CT molecular complexity index is 739. The first-order chi connectivity index (χ1) is 12.6. The number of aromatic nitrogens is 1. The van der Waals surface area contributed by atoms with E-state index in [1.807, 2.05) is 0 Å². The van der Waals surface area contributed by atoms with Gasteiger partial charge < -0.3 is 5.32 Å². The monoisotopic (exact) mass is 377 g/mol. The first-order valence-electron chi connectivity index (χ1n) is 9.43. The van der Waals surface area contributed by atoms with Gasteiger partial charge in [-0.15, -0.1) is 0 Å². The molecule has 1 amide bonds. The van der Waals surface area contributed by atoms with Crippen LogP contribution in [-0.4, -0.2) is 43.2 Å². The Hall–Kier alpha value is -1.73. The molecule has 142 valence electrons. The lowest BCUT2D eigenvalue weighted by Gasteiger charge is -2.30. The van der Waals surface area contributed by atoms with Crippen LogP contribution in [0, 0.1) is 5.92 Å². The van der Waals surface area contributed by atoms with Crippen LogP contribution in [0.15, 0.2) is 41.1 Å². The number of piperidine rings is 1. The molecule has 1 saturated heterocycles. The highest BCUT2D eigenvalue weighted by Crippen LogP contribution is 2.24. The molecule has 1 aliphatic heterocycles. The van der Waals surface area contributed by atoms with Gasteiger partial charge in [0.05, 0.1) is 0 Å². The number of sulfonamides is 1. The van der Waals surface area contributed by atoms with Gasteiger partial charge in [-0.2, -0.15) is 4.31 Å². The first kappa shape index (κ1) is 19.0. The van der Waals surface area contributed by atoms with Crippen molar-refractivity contribution in [2.24, 2.45) is 5.92 Å². The van der Waals surface area contributed by atoms with Crippen molar-refractivity contribution < 1.29 is 13.2 Å². The molecule has 1 aromatic rings. The predicted octanol–water partition coefficient (Wildman–Crippen LogP) is 2.49. The minimum atomic E-state index is -3.51. The van der Waals surface area contributed by atoms with Crippen molar-refractivity contribution in [3.63, 3.8) is 0 Å². The summed E-state index contributed by atoms with van der Waals surface area (Å²) in [7, 11) is -3.51. The number of hydrogen-bond acceptors (Lipinski definition) is 4. The smallest absolute Gasteiger partial charge is 0.244 e. The van der Waals surface area contributed by atoms with E-state index in [0.29, 0.717) is 32.5 Å². The quantitative estimate of drug-likeness (QED) is 0.773. The molecule has 0 bridgehead atoms. The second-order valence-corrected chi connectivity index (χ2v) is 8.95. The standard InChI is InChI=1S/C19H27N3O3S/c23-19(21-12-8-16-5-2-1-3-6-16)17-9-13-22(14-10-17)26(24,25)18-7-4-11-20-15-18/h4-5,7,11,15,17H,1-3,6,8-10,12-14H2,(H,21,23). The molecular formula is C19H27N3O3S. The van der Waals surface area contributed by atoms with Gasteiger partial charge in [0.25, 0.3) is 0 Å². The van der Waals surface area contributed by atoms with Gasteiger partial charge in [0, 0.05) is 37.9 Å². The van der Waals surface area contributed by atoms with E-state index < -0.39 is 10.0 Å². The lowest BCUT2D eigenvalue weighted by molar-refractivity contribution is -0.126. The number of nitrogens with one attached hydrogen (secondary N) is 1. The molecule has 0 atom stereocenters. The van der Waals surface area contributed by atoms with Gasteiger partial charge in [-0.05, 0) is 57.1 Å².